The molecule has 0 unspecified atom stereocenters. The third kappa shape index (κ3) is 5.59. The van der Waals surface area contributed by atoms with Gasteiger partial charge in [0.25, 0.3) is 0 Å². The maximum atomic E-state index is 5.21. The fraction of sp³-hybridized carbons (Fsp3) is 0.133. The molecular weight excluding hydrogens is 420 g/mol. The van der Waals surface area contributed by atoms with Crippen molar-refractivity contribution in [3.05, 3.63) is 107 Å². The molecule has 0 fully saturated rings. The predicted octanol–water partition coefficient (Wildman–Crippen LogP) is 7.49. The molecule has 0 heterocycles. The molecule has 4 heteroatoms. The monoisotopic (exact) mass is 448 g/mol. The molecule has 0 N–H and O–H groups in total. The maximum absolute atomic E-state index is 5.21. The highest BCUT2D eigenvalue weighted by atomic mass is 16.5. The Morgan fingerprint density at radius 1 is 0.529 bits per heavy atom. The molecule has 0 aliphatic carbocycles. The molecule has 0 saturated carbocycles. The van der Waals surface area contributed by atoms with Crippen LogP contribution in [0.25, 0.3) is 11.1 Å². The number of nitrogens with zero attached hydrogens (tertiary/aromatic N) is 2. The van der Waals surface area contributed by atoms with Crippen LogP contribution >= 0.6 is 0 Å². The van der Waals surface area contributed by atoms with Gasteiger partial charge < -0.3 is 9.47 Å². The van der Waals surface area contributed by atoms with Gasteiger partial charge in [-0.15, -0.1) is 0 Å². The first-order valence-corrected chi connectivity index (χ1v) is 11.1. The molecule has 0 spiro atoms. The number of aliphatic imine (C=N–C) groups is 2. The second kappa shape index (κ2) is 10.6. The molecular formula is C30H28N2O2. The Kier molecular flexibility index (Phi) is 7.19. The molecule has 0 bridgehead atoms. The van der Waals surface area contributed by atoms with Crippen molar-refractivity contribution >= 4 is 23.8 Å². The van der Waals surface area contributed by atoms with E-state index >= 15 is 0 Å². The summed E-state index contributed by atoms with van der Waals surface area (Å²) < 4.78 is 10.4. The lowest BCUT2D eigenvalue weighted by Crippen LogP contribution is -1.86. The molecule has 0 aliphatic rings. The lowest BCUT2D eigenvalue weighted by molar-refractivity contribution is 0.414. The van der Waals surface area contributed by atoms with Gasteiger partial charge in [0.15, 0.2) is 0 Å². The molecule has 170 valence electrons. The molecule has 0 atom stereocenters. The minimum Gasteiger partial charge on any atom is -0.497 e. The van der Waals surface area contributed by atoms with Crippen LogP contribution in [0.1, 0.15) is 22.3 Å². The predicted molar refractivity (Wildman–Crippen MR) is 142 cm³/mol. The minimum absolute atomic E-state index is 0.838. The zero-order valence-electron chi connectivity index (χ0n) is 19.9. The molecule has 0 saturated heterocycles. The van der Waals surface area contributed by atoms with Crippen LogP contribution in [0.2, 0.25) is 0 Å². The second-order valence-electron chi connectivity index (χ2n) is 8.07. The molecule has 0 aliphatic heterocycles. The van der Waals surface area contributed by atoms with Crippen LogP contribution in [-0.2, 0) is 0 Å². The Bertz CT molecular complexity index is 1220. The summed E-state index contributed by atoms with van der Waals surface area (Å²) in [7, 11) is 3.33. The van der Waals surface area contributed by atoms with E-state index in [1.54, 1.807) is 14.2 Å². The standard InChI is InChI=1S/C30H28N2O2/c1-21-17-25(9-15-29(21)31-19-23-5-11-27(33-3)12-6-23)26-10-16-30(22(2)18-26)32-20-24-7-13-28(34-4)14-8-24/h5-20H,1-4H3. The summed E-state index contributed by atoms with van der Waals surface area (Å²) in [4.78, 5) is 9.34. The van der Waals surface area contributed by atoms with Gasteiger partial charge in [-0.05, 0) is 120 Å². The van der Waals surface area contributed by atoms with Crippen LogP contribution in [0.5, 0.6) is 11.5 Å². The summed E-state index contributed by atoms with van der Waals surface area (Å²) in [6.45, 7) is 4.18. The van der Waals surface area contributed by atoms with Crippen LogP contribution in [-0.4, -0.2) is 26.6 Å². The first kappa shape index (κ1) is 23.0. The third-order valence-corrected chi connectivity index (χ3v) is 5.66. The van der Waals surface area contributed by atoms with Gasteiger partial charge in [0.2, 0.25) is 0 Å². The van der Waals surface area contributed by atoms with Crippen LogP contribution in [0.3, 0.4) is 0 Å². The van der Waals surface area contributed by atoms with Crippen LogP contribution in [0.4, 0.5) is 11.4 Å². The van der Waals surface area contributed by atoms with Crippen molar-refractivity contribution in [2.75, 3.05) is 14.2 Å². The van der Waals surface area contributed by atoms with Gasteiger partial charge in [0, 0.05) is 12.4 Å². The molecule has 34 heavy (non-hydrogen) atoms. The maximum Gasteiger partial charge on any atom is 0.118 e. The van der Waals surface area contributed by atoms with E-state index in [-0.39, 0.29) is 0 Å². The summed E-state index contributed by atoms with van der Waals surface area (Å²) in [6, 6.07) is 28.4. The second-order valence-corrected chi connectivity index (χ2v) is 8.07. The number of aryl methyl sites for hydroxylation is 2. The van der Waals surface area contributed by atoms with E-state index < -0.39 is 0 Å². The highest BCUT2D eigenvalue weighted by Crippen LogP contribution is 2.30. The van der Waals surface area contributed by atoms with E-state index in [2.05, 4.69) is 60.2 Å². The molecule has 4 nitrogen and oxygen atoms in total. The van der Waals surface area contributed by atoms with E-state index in [1.807, 2.05) is 61.0 Å². The summed E-state index contributed by atoms with van der Waals surface area (Å²) in [5.74, 6) is 1.68. The van der Waals surface area contributed by atoms with Crippen molar-refractivity contribution in [1.29, 1.82) is 0 Å². The Morgan fingerprint density at radius 2 is 0.912 bits per heavy atom. The highest BCUT2D eigenvalue weighted by molar-refractivity contribution is 5.84. The van der Waals surface area contributed by atoms with Crippen LogP contribution < -0.4 is 9.47 Å². The quantitative estimate of drug-likeness (QED) is 0.275. The summed E-state index contributed by atoms with van der Waals surface area (Å²) in [5, 5.41) is 0. The zero-order chi connectivity index (χ0) is 23.9. The zero-order valence-corrected chi connectivity index (χ0v) is 19.9. The molecule has 4 rings (SSSR count). The summed E-state index contributed by atoms with van der Waals surface area (Å²) >= 11 is 0. The Morgan fingerprint density at radius 3 is 1.24 bits per heavy atom. The topological polar surface area (TPSA) is 43.2 Å². The van der Waals surface area contributed by atoms with Crippen molar-refractivity contribution in [2.24, 2.45) is 9.98 Å². The largest absolute Gasteiger partial charge is 0.497 e. The number of ether oxygens (including phenoxy) is 2. The average molecular weight is 449 g/mol. The van der Waals surface area contributed by atoms with Crippen LogP contribution in [0, 0.1) is 13.8 Å². The van der Waals surface area contributed by atoms with E-state index in [1.165, 1.54) is 0 Å². The Balaban J connectivity index is 1.49. The minimum atomic E-state index is 0.838. The van der Waals surface area contributed by atoms with Crippen molar-refractivity contribution < 1.29 is 9.47 Å². The normalized spacial score (nSPS) is 11.3. The molecule has 0 amide bonds. The number of hydrogen-bond donors (Lipinski definition) is 0. The van der Waals surface area contributed by atoms with Crippen molar-refractivity contribution in [3.63, 3.8) is 0 Å². The Labute approximate surface area is 201 Å². The summed E-state index contributed by atoms with van der Waals surface area (Å²) in [6.07, 6.45) is 3.75. The first-order valence-electron chi connectivity index (χ1n) is 11.1. The highest BCUT2D eigenvalue weighted by Gasteiger charge is 2.05. The van der Waals surface area contributed by atoms with Gasteiger partial charge >= 0.3 is 0 Å². The number of hydrogen-bond acceptors (Lipinski definition) is 4. The number of methoxy groups -OCH3 is 2. The lowest BCUT2D eigenvalue weighted by Gasteiger charge is -2.08. The lowest BCUT2D eigenvalue weighted by atomic mass is 10.00. The SMILES string of the molecule is COc1ccc(C=Nc2ccc(-c3ccc(N=Cc4ccc(OC)cc4)c(C)c3)cc2C)cc1. The fourth-order valence-electron chi connectivity index (χ4n) is 3.63. The summed E-state index contributed by atoms with van der Waals surface area (Å²) in [5.41, 5.74) is 8.55. The van der Waals surface area contributed by atoms with Gasteiger partial charge in [0.1, 0.15) is 11.5 Å². The third-order valence-electron chi connectivity index (χ3n) is 5.66. The van der Waals surface area contributed by atoms with Crippen molar-refractivity contribution in [1.82, 2.24) is 0 Å². The van der Waals surface area contributed by atoms with Crippen molar-refractivity contribution in [3.8, 4) is 22.6 Å². The first-order chi connectivity index (χ1) is 16.6. The van der Waals surface area contributed by atoms with Gasteiger partial charge in [0.05, 0.1) is 25.6 Å². The van der Waals surface area contributed by atoms with E-state index in [4.69, 9.17) is 9.47 Å². The molecule has 4 aromatic carbocycles. The number of rotatable bonds is 7. The van der Waals surface area contributed by atoms with E-state index in [9.17, 15) is 0 Å². The van der Waals surface area contributed by atoms with Crippen LogP contribution in [0.15, 0.2) is 94.9 Å². The molecule has 0 aromatic heterocycles. The Hall–Kier alpha value is -4.18. The molecule has 4 aromatic rings. The van der Waals surface area contributed by atoms with Gasteiger partial charge in [-0.1, -0.05) is 12.1 Å². The van der Waals surface area contributed by atoms with E-state index in [0.717, 1.165) is 56.3 Å². The smallest absolute Gasteiger partial charge is 0.118 e. The molecule has 0 radical (unpaired) electrons. The van der Waals surface area contributed by atoms with E-state index in [0.29, 0.717) is 0 Å². The van der Waals surface area contributed by atoms with Crippen molar-refractivity contribution in [2.45, 2.75) is 13.8 Å². The average Bonchev–Trinajstić information content (AvgIpc) is 2.88. The van der Waals surface area contributed by atoms with Gasteiger partial charge in [-0.2, -0.15) is 0 Å². The van der Waals surface area contributed by atoms with Gasteiger partial charge in [-0.25, -0.2) is 0 Å². The van der Waals surface area contributed by atoms with Gasteiger partial charge in [-0.3, -0.25) is 9.98 Å². The number of benzene rings is 4. The fourth-order valence-corrected chi connectivity index (χ4v) is 3.63.